The van der Waals surface area contributed by atoms with Crippen molar-refractivity contribution >= 4 is 16.8 Å². The summed E-state index contributed by atoms with van der Waals surface area (Å²) in [7, 11) is 0. The maximum absolute atomic E-state index is 12.9. The summed E-state index contributed by atoms with van der Waals surface area (Å²) in [6.07, 6.45) is 4.60. The Morgan fingerprint density at radius 1 is 1.23 bits per heavy atom. The van der Waals surface area contributed by atoms with E-state index in [9.17, 15) is 4.79 Å². The SMILES string of the molecule is C[C@@H]1C[C@H](c2ccc(CN)c3ncccc23)CN(C(=O)C2CC(N)C2)C1. The van der Waals surface area contributed by atoms with E-state index in [-0.39, 0.29) is 12.0 Å². The molecule has 5 nitrogen and oxygen atoms in total. The van der Waals surface area contributed by atoms with Crippen molar-refractivity contribution in [2.75, 3.05) is 13.1 Å². The standard InChI is InChI=1S/C21H28N4O/c1-13-7-16(12-25(11-13)21(26)15-8-17(23)9-15)18-5-4-14(10-22)20-19(18)3-2-6-24-20/h2-6,13,15-17H,7-12,22-23H2,1H3/t13-,15?,16+,17?/m1/s1. The Labute approximate surface area is 154 Å². The number of pyridine rings is 1. The number of benzene rings is 1. The van der Waals surface area contributed by atoms with Crippen molar-refractivity contribution < 1.29 is 4.79 Å². The third-order valence-corrected chi connectivity index (χ3v) is 6.04. The van der Waals surface area contributed by atoms with Gasteiger partial charge in [0.15, 0.2) is 0 Å². The van der Waals surface area contributed by atoms with Gasteiger partial charge in [-0.05, 0) is 42.4 Å². The maximum Gasteiger partial charge on any atom is 0.225 e. The van der Waals surface area contributed by atoms with E-state index < -0.39 is 0 Å². The first-order chi connectivity index (χ1) is 12.6. The van der Waals surface area contributed by atoms with Gasteiger partial charge in [0.05, 0.1) is 5.52 Å². The Hall–Kier alpha value is -1.98. The number of aromatic nitrogens is 1. The molecule has 2 aromatic rings. The molecule has 26 heavy (non-hydrogen) atoms. The Kier molecular flexibility index (Phi) is 4.67. The average Bonchev–Trinajstić information content (AvgIpc) is 2.63. The summed E-state index contributed by atoms with van der Waals surface area (Å²) >= 11 is 0. The molecule has 1 aromatic carbocycles. The molecule has 2 atom stereocenters. The zero-order valence-corrected chi connectivity index (χ0v) is 15.4. The summed E-state index contributed by atoms with van der Waals surface area (Å²) < 4.78 is 0. The maximum atomic E-state index is 12.9. The van der Waals surface area contributed by atoms with E-state index in [0.717, 1.165) is 43.4 Å². The van der Waals surface area contributed by atoms with E-state index >= 15 is 0 Å². The highest BCUT2D eigenvalue weighted by atomic mass is 16.2. The predicted molar refractivity (Wildman–Crippen MR) is 103 cm³/mol. The minimum atomic E-state index is 0.133. The van der Waals surface area contributed by atoms with Gasteiger partial charge in [-0.1, -0.05) is 25.1 Å². The normalized spacial score (nSPS) is 28.8. The van der Waals surface area contributed by atoms with Gasteiger partial charge in [0, 0.05) is 49.1 Å². The molecule has 0 bridgehead atoms. The molecule has 1 aliphatic heterocycles. The quantitative estimate of drug-likeness (QED) is 0.888. The van der Waals surface area contributed by atoms with Crippen molar-refractivity contribution in [1.29, 1.82) is 0 Å². The molecule has 0 spiro atoms. The minimum absolute atomic E-state index is 0.133. The fourth-order valence-corrected chi connectivity index (χ4v) is 4.65. The number of hydrogen-bond acceptors (Lipinski definition) is 4. The Balaban J connectivity index is 1.63. The molecule has 1 aromatic heterocycles. The molecule has 4 rings (SSSR count). The molecule has 1 aliphatic carbocycles. The molecule has 1 amide bonds. The molecule has 2 fully saturated rings. The average molecular weight is 352 g/mol. The number of carbonyl (C=O) groups excluding carboxylic acids is 1. The highest BCUT2D eigenvalue weighted by Crippen LogP contribution is 2.37. The van der Waals surface area contributed by atoms with E-state index in [2.05, 4.69) is 35.0 Å². The molecule has 1 saturated heterocycles. The van der Waals surface area contributed by atoms with Crippen molar-refractivity contribution in [3.63, 3.8) is 0 Å². The second kappa shape index (κ2) is 6.97. The van der Waals surface area contributed by atoms with E-state index in [4.69, 9.17) is 11.5 Å². The Morgan fingerprint density at radius 3 is 2.77 bits per heavy atom. The van der Waals surface area contributed by atoms with Gasteiger partial charge in [0.2, 0.25) is 5.91 Å². The lowest BCUT2D eigenvalue weighted by Gasteiger charge is -2.41. The van der Waals surface area contributed by atoms with Crippen LogP contribution in [0.2, 0.25) is 0 Å². The summed E-state index contributed by atoms with van der Waals surface area (Å²) in [5, 5.41) is 1.17. The van der Waals surface area contributed by atoms with Gasteiger partial charge in [-0.3, -0.25) is 9.78 Å². The van der Waals surface area contributed by atoms with Crippen molar-refractivity contribution in [2.45, 2.75) is 44.7 Å². The summed E-state index contributed by atoms with van der Waals surface area (Å²) in [5.41, 5.74) is 15.1. The first-order valence-electron chi connectivity index (χ1n) is 9.67. The second-order valence-corrected chi connectivity index (χ2v) is 8.13. The zero-order chi connectivity index (χ0) is 18.3. The third-order valence-electron chi connectivity index (χ3n) is 6.04. The van der Waals surface area contributed by atoms with Crippen LogP contribution in [0.1, 0.15) is 43.2 Å². The number of likely N-dealkylation sites (tertiary alicyclic amines) is 1. The summed E-state index contributed by atoms with van der Waals surface area (Å²) in [5.74, 6) is 1.26. The molecule has 2 heterocycles. The van der Waals surface area contributed by atoms with Crippen LogP contribution in [0.25, 0.3) is 10.9 Å². The molecule has 138 valence electrons. The number of carbonyl (C=O) groups is 1. The van der Waals surface area contributed by atoms with E-state index in [0.29, 0.717) is 24.3 Å². The van der Waals surface area contributed by atoms with Crippen LogP contribution < -0.4 is 11.5 Å². The number of amides is 1. The Bertz CT molecular complexity index is 815. The van der Waals surface area contributed by atoms with Crippen LogP contribution in [0, 0.1) is 11.8 Å². The van der Waals surface area contributed by atoms with Crippen LogP contribution in [-0.2, 0) is 11.3 Å². The third kappa shape index (κ3) is 3.10. The van der Waals surface area contributed by atoms with Crippen molar-refractivity contribution in [3.05, 3.63) is 41.6 Å². The summed E-state index contributed by atoms with van der Waals surface area (Å²) in [4.78, 5) is 19.5. The van der Waals surface area contributed by atoms with Gasteiger partial charge in [0.25, 0.3) is 0 Å². The van der Waals surface area contributed by atoms with Crippen LogP contribution in [0.3, 0.4) is 0 Å². The van der Waals surface area contributed by atoms with E-state index in [1.54, 1.807) is 0 Å². The lowest BCUT2D eigenvalue weighted by Crippen LogP contribution is -2.50. The number of rotatable bonds is 3. The van der Waals surface area contributed by atoms with Crippen LogP contribution in [0.5, 0.6) is 0 Å². The Morgan fingerprint density at radius 2 is 2.04 bits per heavy atom. The molecule has 0 unspecified atom stereocenters. The fraction of sp³-hybridized carbons (Fsp3) is 0.524. The molecular formula is C21H28N4O. The lowest BCUT2D eigenvalue weighted by molar-refractivity contribution is -0.140. The number of nitrogens with zero attached hydrogens (tertiary/aromatic N) is 2. The van der Waals surface area contributed by atoms with Crippen LogP contribution in [-0.4, -0.2) is 34.9 Å². The van der Waals surface area contributed by atoms with Gasteiger partial charge < -0.3 is 16.4 Å². The first-order valence-corrected chi connectivity index (χ1v) is 9.67. The summed E-state index contributed by atoms with van der Waals surface area (Å²) in [6.45, 7) is 4.38. The van der Waals surface area contributed by atoms with E-state index in [1.807, 2.05) is 12.3 Å². The second-order valence-electron chi connectivity index (χ2n) is 8.13. The van der Waals surface area contributed by atoms with Crippen molar-refractivity contribution in [1.82, 2.24) is 9.88 Å². The molecular weight excluding hydrogens is 324 g/mol. The zero-order valence-electron chi connectivity index (χ0n) is 15.4. The van der Waals surface area contributed by atoms with Gasteiger partial charge in [-0.25, -0.2) is 0 Å². The lowest BCUT2D eigenvalue weighted by atomic mass is 9.78. The van der Waals surface area contributed by atoms with Crippen LogP contribution in [0.4, 0.5) is 0 Å². The predicted octanol–water partition coefficient (Wildman–Crippen LogP) is 2.38. The smallest absolute Gasteiger partial charge is 0.225 e. The monoisotopic (exact) mass is 352 g/mol. The molecule has 2 aliphatic rings. The van der Waals surface area contributed by atoms with Gasteiger partial charge in [-0.2, -0.15) is 0 Å². The topological polar surface area (TPSA) is 85.2 Å². The number of hydrogen-bond donors (Lipinski definition) is 2. The van der Waals surface area contributed by atoms with Crippen LogP contribution in [0.15, 0.2) is 30.5 Å². The molecule has 4 N–H and O–H groups in total. The van der Waals surface area contributed by atoms with Crippen molar-refractivity contribution in [3.8, 4) is 0 Å². The highest BCUT2D eigenvalue weighted by Gasteiger charge is 2.38. The highest BCUT2D eigenvalue weighted by molar-refractivity contribution is 5.86. The minimum Gasteiger partial charge on any atom is -0.342 e. The summed E-state index contributed by atoms with van der Waals surface area (Å²) in [6, 6.07) is 8.61. The number of nitrogens with two attached hydrogens (primary N) is 2. The van der Waals surface area contributed by atoms with Gasteiger partial charge >= 0.3 is 0 Å². The van der Waals surface area contributed by atoms with E-state index in [1.165, 1.54) is 10.9 Å². The molecule has 5 heteroatoms. The number of fused-ring (bicyclic) bond motifs is 1. The van der Waals surface area contributed by atoms with Crippen LogP contribution >= 0.6 is 0 Å². The fourth-order valence-electron chi connectivity index (χ4n) is 4.65. The van der Waals surface area contributed by atoms with Crippen molar-refractivity contribution in [2.24, 2.45) is 23.3 Å². The molecule has 0 radical (unpaired) electrons. The first kappa shape index (κ1) is 17.4. The molecule has 1 saturated carbocycles. The largest absolute Gasteiger partial charge is 0.342 e. The van der Waals surface area contributed by atoms with Gasteiger partial charge in [-0.15, -0.1) is 0 Å². The van der Waals surface area contributed by atoms with Gasteiger partial charge in [0.1, 0.15) is 0 Å². The number of piperidine rings is 1.